The maximum atomic E-state index is 12.8. The first-order valence-corrected chi connectivity index (χ1v) is 8.42. The van der Waals surface area contributed by atoms with Crippen molar-refractivity contribution in [3.8, 4) is 23.0 Å². The number of ketones is 1. The van der Waals surface area contributed by atoms with Crippen LogP contribution in [0.3, 0.4) is 0 Å². The number of phenols is 3. The standard InChI is InChI=1S/C21H14O6/c22-12-7-11-14(8-13(12)23)26-15-9-16-19(21(25)18(11)15)20(24)17(27-16)6-10-4-2-1-3-5-10/h1-5,7-9,17,22-23,25H,6H2. The molecule has 4 aromatic rings. The second kappa shape index (κ2) is 5.41. The van der Waals surface area contributed by atoms with E-state index in [0.717, 1.165) is 5.56 Å². The zero-order valence-electron chi connectivity index (χ0n) is 14.0. The average Bonchev–Trinajstić information content (AvgIpc) is 3.14. The molecule has 1 aliphatic rings. The molecule has 0 spiro atoms. The molecular weight excluding hydrogens is 348 g/mol. The highest BCUT2D eigenvalue weighted by atomic mass is 16.5. The third-order valence-corrected chi connectivity index (χ3v) is 4.87. The van der Waals surface area contributed by atoms with Crippen molar-refractivity contribution in [2.24, 2.45) is 0 Å². The molecule has 1 atom stereocenters. The Balaban J connectivity index is 1.64. The number of aromatic hydroxyl groups is 3. The first kappa shape index (κ1) is 15.6. The highest BCUT2D eigenvalue weighted by molar-refractivity contribution is 6.17. The van der Waals surface area contributed by atoms with Gasteiger partial charge in [-0.15, -0.1) is 0 Å². The van der Waals surface area contributed by atoms with Crippen molar-refractivity contribution in [1.82, 2.24) is 0 Å². The predicted octanol–water partition coefficient (Wildman–Crippen LogP) is 3.89. The monoisotopic (exact) mass is 362 g/mol. The van der Waals surface area contributed by atoms with Gasteiger partial charge in [0, 0.05) is 23.9 Å². The molecular formula is C21H14O6. The molecule has 0 fully saturated rings. The Morgan fingerprint density at radius 3 is 2.44 bits per heavy atom. The summed E-state index contributed by atoms with van der Waals surface area (Å²) in [5.74, 6) is -0.950. The molecule has 0 bridgehead atoms. The summed E-state index contributed by atoms with van der Waals surface area (Å²) in [6.45, 7) is 0. The molecule has 0 saturated heterocycles. The quantitative estimate of drug-likeness (QED) is 0.468. The van der Waals surface area contributed by atoms with Gasteiger partial charge in [0.05, 0.1) is 5.39 Å². The molecule has 0 radical (unpaired) electrons. The molecule has 0 amide bonds. The van der Waals surface area contributed by atoms with E-state index in [1.54, 1.807) is 6.07 Å². The van der Waals surface area contributed by atoms with E-state index in [1.165, 1.54) is 12.1 Å². The van der Waals surface area contributed by atoms with Crippen LogP contribution in [0.2, 0.25) is 0 Å². The van der Waals surface area contributed by atoms with E-state index in [1.807, 2.05) is 30.3 Å². The third-order valence-electron chi connectivity index (χ3n) is 4.87. The van der Waals surface area contributed by atoms with Crippen molar-refractivity contribution in [2.75, 3.05) is 0 Å². The van der Waals surface area contributed by atoms with Gasteiger partial charge < -0.3 is 24.5 Å². The van der Waals surface area contributed by atoms with Gasteiger partial charge in [0.15, 0.2) is 17.6 Å². The van der Waals surface area contributed by atoms with E-state index in [9.17, 15) is 20.1 Å². The van der Waals surface area contributed by atoms with Crippen LogP contribution in [0.1, 0.15) is 15.9 Å². The van der Waals surface area contributed by atoms with Gasteiger partial charge in [-0.2, -0.15) is 0 Å². The highest BCUT2D eigenvalue weighted by Gasteiger charge is 2.37. The lowest BCUT2D eigenvalue weighted by Crippen LogP contribution is -2.23. The van der Waals surface area contributed by atoms with Gasteiger partial charge in [-0.05, 0) is 11.6 Å². The molecule has 5 rings (SSSR count). The SMILES string of the molecule is O=C1c2c(cc3oc4cc(O)c(O)cc4c3c2O)OC1Cc1ccccc1. The second-order valence-electron chi connectivity index (χ2n) is 6.57. The van der Waals surface area contributed by atoms with Crippen LogP contribution in [-0.4, -0.2) is 27.2 Å². The summed E-state index contributed by atoms with van der Waals surface area (Å²) >= 11 is 0. The van der Waals surface area contributed by atoms with Crippen LogP contribution in [0.5, 0.6) is 23.0 Å². The van der Waals surface area contributed by atoms with Gasteiger partial charge in [-0.25, -0.2) is 0 Å². The molecule has 2 heterocycles. The fourth-order valence-corrected chi connectivity index (χ4v) is 3.58. The number of carbonyl (C=O) groups excluding carboxylic acids is 1. The molecule has 134 valence electrons. The number of phenolic OH excluding ortho intramolecular Hbond substituents is 3. The van der Waals surface area contributed by atoms with Crippen molar-refractivity contribution in [3.63, 3.8) is 0 Å². The lowest BCUT2D eigenvalue weighted by Gasteiger charge is -2.08. The second-order valence-corrected chi connectivity index (χ2v) is 6.57. The summed E-state index contributed by atoms with van der Waals surface area (Å²) in [6.07, 6.45) is -0.326. The number of fused-ring (bicyclic) bond motifs is 4. The minimum absolute atomic E-state index is 0.110. The number of carbonyl (C=O) groups is 1. The molecule has 3 N–H and O–H groups in total. The smallest absolute Gasteiger partial charge is 0.211 e. The van der Waals surface area contributed by atoms with Crippen LogP contribution in [0.4, 0.5) is 0 Å². The Bertz CT molecular complexity index is 1220. The lowest BCUT2D eigenvalue weighted by molar-refractivity contribution is 0.0856. The first-order chi connectivity index (χ1) is 13.0. The molecule has 1 aliphatic heterocycles. The Hall–Kier alpha value is -3.67. The Labute approximate surface area is 152 Å². The molecule has 0 aliphatic carbocycles. The first-order valence-electron chi connectivity index (χ1n) is 8.42. The molecule has 6 heteroatoms. The fourth-order valence-electron chi connectivity index (χ4n) is 3.58. The largest absolute Gasteiger partial charge is 0.506 e. The molecule has 3 aromatic carbocycles. The zero-order valence-corrected chi connectivity index (χ0v) is 14.0. The Morgan fingerprint density at radius 1 is 0.926 bits per heavy atom. The van der Waals surface area contributed by atoms with Crippen LogP contribution in [0.15, 0.2) is 52.9 Å². The predicted molar refractivity (Wildman–Crippen MR) is 97.6 cm³/mol. The zero-order chi connectivity index (χ0) is 18.7. The van der Waals surface area contributed by atoms with E-state index in [4.69, 9.17) is 9.15 Å². The van der Waals surface area contributed by atoms with Crippen LogP contribution in [-0.2, 0) is 6.42 Å². The van der Waals surface area contributed by atoms with E-state index in [2.05, 4.69) is 0 Å². The van der Waals surface area contributed by atoms with Crippen LogP contribution in [0, 0.1) is 0 Å². The van der Waals surface area contributed by atoms with Crippen molar-refractivity contribution in [2.45, 2.75) is 12.5 Å². The summed E-state index contributed by atoms with van der Waals surface area (Å²) in [4.78, 5) is 12.8. The number of hydrogen-bond acceptors (Lipinski definition) is 6. The summed E-state index contributed by atoms with van der Waals surface area (Å²) in [5, 5.41) is 30.9. The molecule has 0 saturated carbocycles. The third kappa shape index (κ3) is 2.23. The van der Waals surface area contributed by atoms with Gasteiger partial charge in [0.1, 0.15) is 28.2 Å². The van der Waals surface area contributed by atoms with Gasteiger partial charge in [0.25, 0.3) is 0 Å². The lowest BCUT2D eigenvalue weighted by atomic mass is 9.99. The number of rotatable bonds is 2. The van der Waals surface area contributed by atoms with Crippen LogP contribution < -0.4 is 4.74 Å². The van der Waals surface area contributed by atoms with Crippen LogP contribution >= 0.6 is 0 Å². The van der Waals surface area contributed by atoms with Crippen molar-refractivity contribution in [1.29, 1.82) is 0 Å². The number of benzene rings is 3. The summed E-state index contributed by atoms with van der Waals surface area (Å²) in [6, 6.07) is 13.6. The fraction of sp³-hybridized carbons (Fsp3) is 0.0952. The van der Waals surface area contributed by atoms with Crippen LogP contribution in [0.25, 0.3) is 21.9 Å². The topological polar surface area (TPSA) is 100 Å². The molecule has 6 nitrogen and oxygen atoms in total. The summed E-state index contributed by atoms with van der Waals surface area (Å²) < 4.78 is 11.4. The van der Waals surface area contributed by atoms with Crippen molar-refractivity contribution < 1.29 is 29.3 Å². The van der Waals surface area contributed by atoms with E-state index in [-0.39, 0.29) is 39.9 Å². The Morgan fingerprint density at radius 2 is 1.67 bits per heavy atom. The number of Topliss-reactive ketones (excluding diaryl/α,β-unsaturated/α-hetero) is 1. The maximum Gasteiger partial charge on any atom is 0.211 e. The number of ether oxygens (including phenoxy) is 1. The minimum Gasteiger partial charge on any atom is -0.506 e. The molecule has 27 heavy (non-hydrogen) atoms. The minimum atomic E-state index is -0.719. The van der Waals surface area contributed by atoms with Crippen molar-refractivity contribution in [3.05, 3.63) is 59.7 Å². The van der Waals surface area contributed by atoms with E-state index in [0.29, 0.717) is 22.8 Å². The van der Waals surface area contributed by atoms with Gasteiger partial charge >= 0.3 is 0 Å². The van der Waals surface area contributed by atoms with E-state index >= 15 is 0 Å². The summed E-state index contributed by atoms with van der Waals surface area (Å²) in [7, 11) is 0. The molecule has 1 unspecified atom stereocenters. The van der Waals surface area contributed by atoms with E-state index < -0.39 is 6.10 Å². The summed E-state index contributed by atoms with van der Waals surface area (Å²) in [5.41, 5.74) is 1.66. The number of hydrogen-bond donors (Lipinski definition) is 3. The highest BCUT2D eigenvalue weighted by Crippen LogP contribution is 2.47. The molecule has 1 aromatic heterocycles. The van der Waals surface area contributed by atoms with Gasteiger partial charge in [-0.1, -0.05) is 30.3 Å². The van der Waals surface area contributed by atoms with Gasteiger partial charge in [0.2, 0.25) is 5.78 Å². The number of furan rings is 1. The Kier molecular flexibility index (Phi) is 3.12. The average molecular weight is 362 g/mol. The van der Waals surface area contributed by atoms with Gasteiger partial charge in [-0.3, -0.25) is 4.79 Å². The maximum absolute atomic E-state index is 12.8. The van der Waals surface area contributed by atoms with Crippen molar-refractivity contribution >= 4 is 27.7 Å². The normalized spacial score (nSPS) is 16.0.